The molecule has 0 aliphatic heterocycles. The van der Waals surface area contributed by atoms with E-state index in [1.165, 1.54) is 32.1 Å². The first-order chi connectivity index (χ1) is 6.83. The van der Waals surface area contributed by atoms with Crippen LogP contribution in [0.3, 0.4) is 0 Å². The van der Waals surface area contributed by atoms with E-state index < -0.39 is 0 Å². The molecule has 78 valence electrons. The van der Waals surface area contributed by atoms with E-state index in [0.29, 0.717) is 6.04 Å². The van der Waals surface area contributed by atoms with Crippen LogP contribution in [0.25, 0.3) is 0 Å². The second-order valence-electron chi connectivity index (χ2n) is 3.96. The molecule has 0 atom stereocenters. The lowest BCUT2D eigenvalue weighted by Crippen LogP contribution is -2.15. The lowest BCUT2D eigenvalue weighted by Gasteiger charge is -2.23. The summed E-state index contributed by atoms with van der Waals surface area (Å²) in [6, 6.07) is 0.602. The van der Waals surface area contributed by atoms with E-state index >= 15 is 0 Å². The highest BCUT2D eigenvalue weighted by Gasteiger charge is 2.18. The van der Waals surface area contributed by atoms with Crippen LogP contribution in [0.15, 0.2) is 0 Å². The normalized spacial score (nSPS) is 18.6. The molecule has 0 spiro atoms. The minimum Gasteiger partial charge on any atom is -0.301 e. The van der Waals surface area contributed by atoms with E-state index in [9.17, 15) is 0 Å². The highest BCUT2D eigenvalue weighted by atomic mass is 32.1. The zero-order chi connectivity index (χ0) is 9.97. The summed E-state index contributed by atoms with van der Waals surface area (Å²) >= 11 is 5.26. The van der Waals surface area contributed by atoms with E-state index in [1.807, 2.05) is 0 Å². The molecule has 4 heteroatoms. The van der Waals surface area contributed by atoms with Crippen molar-refractivity contribution in [2.75, 3.05) is 0 Å². The molecule has 14 heavy (non-hydrogen) atoms. The van der Waals surface area contributed by atoms with Crippen molar-refractivity contribution >= 4 is 12.2 Å². The van der Waals surface area contributed by atoms with E-state index in [4.69, 9.17) is 12.2 Å². The Morgan fingerprint density at radius 2 is 2.14 bits per heavy atom. The highest BCUT2D eigenvalue weighted by Crippen LogP contribution is 2.28. The van der Waals surface area contributed by atoms with Crippen molar-refractivity contribution in [3.8, 4) is 0 Å². The topological polar surface area (TPSA) is 33.6 Å². The Kier molecular flexibility index (Phi) is 3.01. The number of hydrogen-bond donors (Lipinski definition) is 1. The van der Waals surface area contributed by atoms with Crippen molar-refractivity contribution in [2.45, 2.75) is 51.5 Å². The van der Waals surface area contributed by atoms with Crippen molar-refractivity contribution < 1.29 is 0 Å². The third-order valence-corrected chi connectivity index (χ3v) is 3.32. The molecule has 3 nitrogen and oxygen atoms in total. The number of hydrogen-bond acceptors (Lipinski definition) is 2. The van der Waals surface area contributed by atoms with Crippen LogP contribution in [0.1, 0.15) is 50.9 Å². The molecule has 0 unspecified atom stereocenters. The Bertz CT molecular complexity index is 346. The summed E-state index contributed by atoms with van der Waals surface area (Å²) in [5, 5.41) is 7.16. The molecule has 1 N–H and O–H groups in total. The second kappa shape index (κ2) is 4.26. The zero-order valence-corrected chi connectivity index (χ0v) is 9.44. The first-order valence-electron chi connectivity index (χ1n) is 5.48. The molecule has 1 saturated carbocycles. The third kappa shape index (κ3) is 1.75. The Labute approximate surface area is 89.5 Å². The summed E-state index contributed by atoms with van der Waals surface area (Å²) < 4.78 is 3.03. The maximum atomic E-state index is 5.26. The van der Waals surface area contributed by atoms with Gasteiger partial charge in [0.1, 0.15) is 5.82 Å². The largest absolute Gasteiger partial charge is 0.301 e. The van der Waals surface area contributed by atoms with Crippen LogP contribution in [-0.2, 0) is 6.42 Å². The molecule has 0 saturated heterocycles. The summed E-state index contributed by atoms with van der Waals surface area (Å²) in [4.78, 5) is 0. The first kappa shape index (κ1) is 9.90. The molecule has 1 aromatic heterocycles. The number of rotatable bonds is 2. The molecule has 1 fully saturated rings. The fraction of sp³-hybridized carbons (Fsp3) is 0.800. The van der Waals surface area contributed by atoms with Gasteiger partial charge >= 0.3 is 0 Å². The van der Waals surface area contributed by atoms with Gasteiger partial charge in [0.2, 0.25) is 0 Å². The summed E-state index contributed by atoms with van der Waals surface area (Å²) in [5.41, 5.74) is 0. The van der Waals surface area contributed by atoms with Gasteiger partial charge in [0.15, 0.2) is 4.77 Å². The Morgan fingerprint density at radius 1 is 1.43 bits per heavy atom. The van der Waals surface area contributed by atoms with Crippen molar-refractivity contribution in [3.63, 3.8) is 0 Å². The maximum absolute atomic E-state index is 5.26. The molecular formula is C10H17N3S. The van der Waals surface area contributed by atoms with Gasteiger partial charge < -0.3 is 4.57 Å². The van der Waals surface area contributed by atoms with Gasteiger partial charge in [-0.2, -0.15) is 5.10 Å². The van der Waals surface area contributed by atoms with Gasteiger partial charge in [-0.25, -0.2) is 0 Å². The van der Waals surface area contributed by atoms with E-state index in [1.54, 1.807) is 0 Å². The molecule has 2 rings (SSSR count). The molecule has 1 aliphatic rings. The van der Waals surface area contributed by atoms with Gasteiger partial charge in [0, 0.05) is 12.5 Å². The van der Waals surface area contributed by atoms with Gasteiger partial charge in [-0.15, -0.1) is 0 Å². The van der Waals surface area contributed by atoms with Crippen LogP contribution in [-0.4, -0.2) is 14.8 Å². The minimum atomic E-state index is 0.602. The lowest BCUT2D eigenvalue weighted by molar-refractivity contribution is 0.343. The molecular weight excluding hydrogens is 194 g/mol. The van der Waals surface area contributed by atoms with E-state index in [2.05, 4.69) is 21.7 Å². The molecule has 0 aromatic carbocycles. The molecule has 1 aliphatic carbocycles. The summed E-state index contributed by atoms with van der Waals surface area (Å²) in [6.07, 6.45) is 7.54. The molecule has 0 bridgehead atoms. The lowest BCUT2D eigenvalue weighted by atomic mass is 9.95. The number of aromatic nitrogens is 3. The van der Waals surface area contributed by atoms with Gasteiger partial charge in [-0.05, 0) is 25.1 Å². The minimum absolute atomic E-state index is 0.602. The molecule has 0 amide bonds. The second-order valence-corrected chi connectivity index (χ2v) is 4.35. The Morgan fingerprint density at radius 3 is 2.79 bits per heavy atom. The van der Waals surface area contributed by atoms with Crippen LogP contribution in [0.4, 0.5) is 0 Å². The predicted octanol–water partition coefficient (Wildman–Crippen LogP) is 3.01. The zero-order valence-electron chi connectivity index (χ0n) is 8.62. The summed E-state index contributed by atoms with van der Waals surface area (Å²) in [7, 11) is 0. The quantitative estimate of drug-likeness (QED) is 0.763. The van der Waals surface area contributed by atoms with Crippen LogP contribution in [0, 0.1) is 4.77 Å². The Balaban J connectivity index is 2.28. The molecule has 0 radical (unpaired) electrons. The Hall–Kier alpha value is -0.640. The van der Waals surface area contributed by atoms with Crippen LogP contribution in [0.2, 0.25) is 0 Å². The number of nitrogens with zero attached hydrogens (tertiary/aromatic N) is 2. The predicted molar refractivity (Wildman–Crippen MR) is 58.9 cm³/mol. The fourth-order valence-corrected chi connectivity index (χ4v) is 2.60. The van der Waals surface area contributed by atoms with Crippen molar-refractivity contribution in [2.24, 2.45) is 0 Å². The van der Waals surface area contributed by atoms with Crippen molar-refractivity contribution in [1.29, 1.82) is 0 Å². The number of H-pyrrole nitrogens is 1. The highest BCUT2D eigenvalue weighted by molar-refractivity contribution is 7.71. The third-order valence-electron chi connectivity index (χ3n) is 3.03. The van der Waals surface area contributed by atoms with Gasteiger partial charge in [-0.1, -0.05) is 26.2 Å². The summed E-state index contributed by atoms with van der Waals surface area (Å²) in [5.74, 6) is 1.11. The van der Waals surface area contributed by atoms with Gasteiger partial charge in [-0.3, -0.25) is 5.10 Å². The smallest absolute Gasteiger partial charge is 0.195 e. The van der Waals surface area contributed by atoms with E-state index in [-0.39, 0.29) is 0 Å². The standard InChI is InChI=1S/C10H17N3S/c1-2-9-11-12-10(14)13(9)8-6-4-3-5-7-8/h8H,2-7H2,1H3,(H,12,14). The number of nitrogens with one attached hydrogen (secondary N) is 1. The summed E-state index contributed by atoms with van der Waals surface area (Å²) in [6.45, 7) is 2.13. The van der Waals surface area contributed by atoms with Crippen molar-refractivity contribution in [3.05, 3.63) is 10.6 Å². The number of aromatic amines is 1. The van der Waals surface area contributed by atoms with Crippen LogP contribution in [0.5, 0.6) is 0 Å². The molecule has 1 heterocycles. The first-order valence-corrected chi connectivity index (χ1v) is 5.89. The number of aryl methyl sites for hydroxylation is 1. The van der Waals surface area contributed by atoms with Crippen LogP contribution < -0.4 is 0 Å². The van der Waals surface area contributed by atoms with Crippen LogP contribution >= 0.6 is 12.2 Å². The monoisotopic (exact) mass is 211 g/mol. The average molecular weight is 211 g/mol. The fourth-order valence-electron chi connectivity index (χ4n) is 2.30. The van der Waals surface area contributed by atoms with Gasteiger partial charge in [0.05, 0.1) is 0 Å². The van der Waals surface area contributed by atoms with E-state index in [0.717, 1.165) is 17.0 Å². The SMILES string of the molecule is CCc1n[nH]c(=S)n1C1CCCCC1. The average Bonchev–Trinajstić information content (AvgIpc) is 2.61. The maximum Gasteiger partial charge on any atom is 0.195 e. The molecule has 1 aromatic rings. The van der Waals surface area contributed by atoms with Crippen molar-refractivity contribution in [1.82, 2.24) is 14.8 Å². The van der Waals surface area contributed by atoms with Gasteiger partial charge in [0.25, 0.3) is 0 Å².